The number of ether oxygens (including phenoxy) is 1. The molecule has 1 atom stereocenters. The summed E-state index contributed by atoms with van der Waals surface area (Å²) in [5.74, 6) is 0.167. The molecule has 0 bridgehead atoms. The van der Waals surface area contributed by atoms with E-state index in [2.05, 4.69) is 15.9 Å². The first-order chi connectivity index (χ1) is 9.04. The van der Waals surface area contributed by atoms with E-state index in [9.17, 15) is 9.50 Å². The Kier molecular flexibility index (Phi) is 4.45. The summed E-state index contributed by atoms with van der Waals surface area (Å²) in [4.78, 5) is 0. The number of methoxy groups -OCH3 is 1. The van der Waals surface area contributed by atoms with Gasteiger partial charge in [-0.3, -0.25) is 0 Å². The lowest BCUT2D eigenvalue weighted by Crippen LogP contribution is -2.02. The van der Waals surface area contributed by atoms with Crippen LogP contribution in [-0.4, -0.2) is 12.2 Å². The molecular weight excluding hydrogens is 335 g/mol. The maximum absolute atomic E-state index is 13.5. The Labute approximate surface area is 123 Å². The molecule has 1 unspecified atom stereocenters. The van der Waals surface area contributed by atoms with E-state index in [1.54, 1.807) is 24.3 Å². The molecule has 0 aliphatic heterocycles. The lowest BCUT2D eigenvalue weighted by Gasteiger charge is -2.15. The molecule has 2 aromatic carbocycles. The van der Waals surface area contributed by atoms with Crippen LogP contribution in [0.15, 0.2) is 40.9 Å². The summed E-state index contributed by atoms with van der Waals surface area (Å²) in [5, 5.41) is 10.7. The number of hydrogen-bond acceptors (Lipinski definition) is 2. The van der Waals surface area contributed by atoms with Crippen molar-refractivity contribution in [2.75, 3.05) is 7.11 Å². The van der Waals surface area contributed by atoms with Crippen LogP contribution in [0.3, 0.4) is 0 Å². The second-order valence-corrected chi connectivity index (χ2v) is 5.13. The van der Waals surface area contributed by atoms with Gasteiger partial charge in [0.1, 0.15) is 17.7 Å². The molecule has 19 heavy (non-hydrogen) atoms. The summed E-state index contributed by atoms with van der Waals surface area (Å²) in [5.41, 5.74) is 0.917. The lowest BCUT2D eigenvalue weighted by atomic mass is 10.0. The van der Waals surface area contributed by atoms with Crippen molar-refractivity contribution in [1.29, 1.82) is 0 Å². The molecule has 0 saturated carbocycles. The molecule has 0 radical (unpaired) electrons. The number of aliphatic hydroxyl groups excluding tert-OH is 1. The number of benzene rings is 2. The van der Waals surface area contributed by atoms with E-state index >= 15 is 0 Å². The van der Waals surface area contributed by atoms with Gasteiger partial charge in [-0.2, -0.15) is 0 Å². The first kappa shape index (κ1) is 14.3. The van der Waals surface area contributed by atoms with E-state index in [1.807, 2.05) is 0 Å². The van der Waals surface area contributed by atoms with Crippen molar-refractivity contribution >= 4 is 27.5 Å². The molecule has 0 heterocycles. The van der Waals surface area contributed by atoms with Crippen LogP contribution in [0.2, 0.25) is 5.02 Å². The van der Waals surface area contributed by atoms with Crippen LogP contribution in [0, 0.1) is 5.82 Å². The molecule has 2 nitrogen and oxygen atoms in total. The van der Waals surface area contributed by atoms with Crippen LogP contribution in [0.1, 0.15) is 17.2 Å². The molecule has 2 rings (SSSR count). The van der Waals surface area contributed by atoms with E-state index in [0.29, 0.717) is 21.9 Å². The molecule has 0 aliphatic rings. The predicted octanol–water partition coefficient (Wildman–Crippen LogP) is 4.33. The quantitative estimate of drug-likeness (QED) is 0.897. The number of aliphatic hydroxyl groups is 1. The number of hydrogen-bond donors (Lipinski definition) is 1. The highest BCUT2D eigenvalue weighted by Gasteiger charge is 2.18. The molecule has 0 fully saturated rings. The van der Waals surface area contributed by atoms with Gasteiger partial charge in [0.2, 0.25) is 0 Å². The van der Waals surface area contributed by atoms with Gasteiger partial charge in [0.15, 0.2) is 0 Å². The van der Waals surface area contributed by atoms with Gasteiger partial charge in [0.05, 0.1) is 16.6 Å². The molecule has 100 valence electrons. The fourth-order valence-electron chi connectivity index (χ4n) is 1.76. The van der Waals surface area contributed by atoms with Crippen LogP contribution in [0.5, 0.6) is 5.75 Å². The largest absolute Gasteiger partial charge is 0.497 e. The van der Waals surface area contributed by atoms with Crippen molar-refractivity contribution < 1.29 is 14.2 Å². The molecule has 0 aliphatic carbocycles. The van der Waals surface area contributed by atoms with Crippen molar-refractivity contribution in [3.8, 4) is 5.75 Å². The Hall–Kier alpha value is -1.10. The van der Waals surface area contributed by atoms with Crippen molar-refractivity contribution in [3.63, 3.8) is 0 Å². The summed E-state index contributed by atoms with van der Waals surface area (Å²) in [6.45, 7) is 0. The molecule has 0 saturated heterocycles. The van der Waals surface area contributed by atoms with Gasteiger partial charge in [-0.1, -0.05) is 29.8 Å². The van der Waals surface area contributed by atoms with E-state index in [1.165, 1.54) is 19.2 Å². The molecule has 0 spiro atoms. The third-order valence-corrected chi connectivity index (χ3v) is 3.94. The Morgan fingerprint density at radius 3 is 2.63 bits per heavy atom. The van der Waals surface area contributed by atoms with Crippen LogP contribution in [-0.2, 0) is 0 Å². The molecule has 2 aromatic rings. The van der Waals surface area contributed by atoms with E-state index in [-0.39, 0.29) is 4.47 Å². The first-order valence-corrected chi connectivity index (χ1v) is 6.67. The van der Waals surface area contributed by atoms with Crippen LogP contribution >= 0.6 is 27.5 Å². The van der Waals surface area contributed by atoms with Crippen LogP contribution in [0.4, 0.5) is 4.39 Å². The van der Waals surface area contributed by atoms with Crippen molar-refractivity contribution in [3.05, 3.63) is 62.8 Å². The third-order valence-electron chi connectivity index (χ3n) is 2.78. The maximum Gasteiger partial charge on any atom is 0.137 e. The molecule has 5 heteroatoms. The Bertz CT molecular complexity index is 604. The highest BCUT2D eigenvalue weighted by atomic mass is 79.9. The molecular formula is C14H11BrClFO2. The Balaban J connectivity index is 2.44. The predicted molar refractivity (Wildman–Crippen MR) is 76.2 cm³/mol. The van der Waals surface area contributed by atoms with Gasteiger partial charge >= 0.3 is 0 Å². The summed E-state index contributed by atoms with van der Waals surface area (Å²) < 4.78 is 18.7. The average Bonchev–Trinajstić information content (AvgIpc) is 2.41. The van der Waals surface area contributed by atoms with Gasteiger partial charge < -0.3 is 9.84 Å². The third kappa shape index (κ3) is 2.91. The monoisotopic (exact) mass is 344 g/mol. The highest BCUT2D eigenvalue weighted by Crippen LogP contribution is 2.35. The summed E-state index contributed by atoms with van der Waals surface area (Å²) in [6, 6.07) is 9.44. The fraction of sp³-hybridized carbons (Fsp3) is 0.143. The second kappa shape index (κ2) is 5.90. The number of rotatable bonds is 3. The van der Waals surface area contributed by atoms with Crippen LogP contribution < -0.4 is 4.74 Å². The summed E-state index contributed by atoms with van der Waals surface area (Å²) >= 11 is 9.22. The molecule has 1 N–H and O–H groups in total. The normalized spacial score (nSPS) is 12.3. The zero-order chi connectivity index (χ0) is 14.0. The van der Waals surface area contributed by atoms with Crippen molar-refractivity contribution in [2.45, 2.75) is 6.10 Å². The maximum atomic E-state index is 13.5. The van der Waals surface area contributed by atoms with E-state index in [4.69, 9.17) is 16.3 Å². The zero-order valence-electron chi connectivity index (χ0n) is 10.0. The van der Waals surface area contributed by atoms with Gasteiger partial charge in [-0.15, -0.1) is 0 Å². The van der Waals surface area contributed by atoms with E-state index < -0.39 is 11.9 Å². The minimum atomic E-state index is -1.01. The van der Waals surface area contributed by atoms with Gasteiger partial charge in [0, 0.05) is 11.1 Å². The minimum Gasteiger partial charge on any atom is -0.497 e. The zero-order valence-corrected chi connectivity index (χ0v) is 12.4. The second-order valence-electron chi connectivity index (χ2n) is 3.93. The Morgan fingerprint density at radius 2 is 2.00 bits per heavy atom. The number of halogens is 3. The highest BCUT2D eigenvalue weighted by molar-refractivity contribution is 9.10. The Morgan fingerprint density at radius 1 is 1.26 bits per heavy atom. The minimum absolute atomic E-state index is 0.231. The van der Waals surface area contributed by atoms with Crippen molar-refractivity contribution in [1.82, 2.24) is 0 Å². The smallest absolute Gasteiger partial charge is 0.137 e. The van der Waals surface area contributed by atoms with Crippen LogP contribution in [0.25, 0.3) is 0 Å². The summed E-state index contributed by atoms with van der Waals surface area (Å²) in [6.07, 6.45) is -1.01. The topological polar surface area (TPSA) is 29.5 Å². The lowest BCUT2D eigenvalue weighted by molar-refractivity contribution is 0.219. The van der Waals surface area contributed by atoms with E-state index in [0.717, 1.165) is 0 Å². The first-order valence-electron chi connectivity index (χ1n) is 5.50. The SMILES string of the molecule is COc1ccc(C(O)c2cccc(F)c2Br)c(Cl)c1. The molecule has 0 amide bonds. The van der Waals surface area contributed by atoms with Crippen molar-refractivity contribution in [2.24, 2.45) is 0 Å². The van der Waals surface area contributed by atoms with Gasteiger partial charge in [0.25, 0.3) is 0 Å². The fourth-order valence-corrected chi connectivity index (χ4v) is 2.51. The molecule has 0 aromatic heterocycles. The summed E-state index contributed by atoms with van der Waals surface area (Å²) in [7, 11) is 1.53. The van der Waals surface area contributed by atoms with Gasteiger partial charge in [-0.05, 0) is 34.1 Å². The standard InChI is InChI=1S/C14H11BrClFO2/c1-19-8-5-6-9(11(16)7-8)14(18)10-3-2-4-12(17)13(10)15/h2-7,14,18H,1H3. The average molecular weight is 346 g/mol. The van der Waals surface area contributed by atoms with Gasteiger partial charge in [-0.25, -0.2) is 4.39 Å².